The third-order valence-electron chi connectivity index (χ3n) is 4.37. The molecule has 0 bridgehead atoms. The van der Waals surface area contributed by atoms with E-state index in [0.717, 1.165) is 44.0 Å². The summed E-state index contributed by atoms with van der Waals surface area (Å²) in [5.41, 5.74) is 0.406. The topological polar surface area (TPSA) is 48.4 Å². The Labute approximate surface area is 140 Å². The largest absolute Gasteiger partial charge is 0.387 e. The van der Waals surface area contributed by atoms with Crippen molar-refractivity contribution in [3.8, 4) is 0 Å². The van der Waals surface area contributed by atoms with Gasteiger partial charge in [-0.1, -0.05) is 12.1 Å². The molecular formula is C18H21F2N3O. The molecule has 2 aromatic rings. The summed E-state index contributed by atoms with van der Waals surface area (Å²) in [7, 11) is 0. The lowest BCUT2D eigenvalue weighted by atomic mass is 10.1. The number of likely N-dealkylation sites (tertiary alicyclic amines) is 1. The highest BCUT2D eigenvalue weighted by Gasteiger charge is 2.24. The highest BCUT2D eigenvalue weighted by molar-refractivity contribution is 5.33. The number of aromatic nitrogens is 1. The Morgan fingerprint density at radius 2 is 2.12 bits per heavy atom. The number of nitrogens with one attached hydrogen (secondary N) is 1. The summed E-state index contributed by atoms with van der Waals surface area (Å²) in [4.78, 5) is 6.38. The molecule has 1 aliphatic rings. The Kier molecular flexibility index (Phi) is 5.37. The van der Waals surface area contributed by atoms with Gasteiger partial charge in [-0.05, 0) is 48.7 Å². The fraction of sp³-hybridized carbons (Fsp3) is 0.389. The quantitative estimate of drug-likeness (QED) is 0.853. The predicted molar refractivity (Wildman–Crippen MR) is 88.6 cm³/mol. The van der Waals surface area contributed by atoms with Crippen molar-refractivity contribution in [3.05, 3.63) is 59.8 Å². The zero-order valence-corrected chi connectivity index (χ0v) is 13.3. The van der Waals surface area contributed by atoms with Gasteiger partial charge in [0.05, 0.1) is 6.10 Å². The molecule has 0 radical (unpaired) electrons. The lowest BCUT2D eigenvalue weighted by molar-refractivity contribution is 0.124. The van der Waals surface area contributed by atoms with E-state index in [1.807, 2.05) is 18.2 Å². The van der Waals surface area contributed by atoms with E-state index in [2.05, 4.69) is 15.2 Å². The first-order valence-corrected chi connectivity index (χ1v) is 8.12. The second kappa shape index (κ2) is 7.68. The van der Waals surface area contributed by atoms with E-state index in [1.165, 1.54) is 6.07 Å². The number of hydrogen-bond acceptors (Lipinski definition) is 4. The van der Waals surface area contributed by atoms with Crippen LogP contribution in [0, 0.1) is 17.6 Å². The van der Waals surface area contributed by atoms with Gasteiger partial charge in [0.1, 0.15) is 5.82 Å². The number of aliphatic hydroxyl groups excluding tert-OH is 1. The number of rotatable bonds is 6. The van der Waals surface area contributed by atoms with E-state index in [1.54, 1.807) is 6.20 Å². The van der Waals surface area contributed by atoms with Crippen LogP contribution in [-0.2, 0) is 0 Å². The number of halogens is 2. The second-order valence-electron chi connectivity index (χ2n) is 6.20. The minimum absolute atomic E-state index is 0.406. The van der Waals surface area contributed by atoms with Gasteiger partial charge in [-0.15, -0.1) is 0 Å². The molecule has 2 N–H and O–H groups in total. The molecule has 1 aromatic carbocycles. The molecule has 1 fully saturated rings. The van der Waals surface area contributed by atoms with Crippen molar-refractivity contribution in [3.63, 3.8) is 0 Å². The normalized spacial score (nSPS) is 19.4. The lowest BCUT2D eigenvalue weighted by Gasteiger charge is -2.20. The van der Waals surface area contributed by atoms with Gasteiger partial charge in [-0.2, -0.15) is 0 Å². The third-order valence-corrected chi connectivity index (χ3v) is 4.37. The Bertz CT molecular complexity index is 669. The van der Waals surface area contributed by atoms with Gasteiger partial charge in [0.15, 0.2) is 11.6 Å². The van der Waals surface area contributed by atoms with Crippen LogP contribution in [0.1, 0.15) is 18.1 Å². The van der Waals surface area contributed by atoms with Crippen LogP contribution in [0.15, 0.2) is 42.6 Å². The molecule has 2 heterocycles. The summed E-state index contributed by atoms with van der Waals surface area (Å²) < 4.78 is 26.2. The molecule has 4 nitrogen and oxygen atoms in total. The lowest BCUT2D eigenvalue weighted by Crippen LogP contribution is -2.27. The summed E-state index contributed by atoms with van der Waals surface area (Å²) in [5.74, 6) is -0.486. The summed E-state index contributed by atoms with van der Waals surface area (Å²) in [6.45, 7) is 3.00. The zero-order chi connectivity index (χ0) is 16.9. The second-order valence-corrected chi connectivity index (χ2v) is 6.20. The van der Waals surface area contributed by atoms with Gasteiger partial charge in [0.2, 0.25) is 0 Å². The van der Waals surface area contributed by atoms with Crippen LogP contribution >= 0.6 is 0 Å². The van der Waals surface area contributed by atoms with Crippen LogP contribution in [-0.4, -0.2) is 41.2 Å². The number of aliphatic hydroxyl groups is 1. The maximum Gasteiger partial charge on any atom is 0.159 e. The van der Waals surface area contributed by atoms with Crippen LogP contribution in [0.2, 0.25) is 0 Å². The maximum atomic E-state index is 13.3. The Hall–Kier alpha value is -2.05. The average Bonchev–Trinajstić information content (AvgIpc) is 3.04. The van der Waals surface area contributed by atoms with E-state index >= 15 is 0 Å². The van der Waals surface area contributed by atoms with Crippen molar-refractivity contribution in [2.24, 2.45) is 5.92 Å². The summed E-state index contributed by atoms with van der Waals surface area (Å²) in [6.07, 6.45) is 1.97. The molecule has 0 aliphatic carbocycles. The number of β-amino-alcohol motifs (C(OH)–C–C–N with tert-alkyl or cyclic N) is 1. The SMILES string of the molecule is O[C@@H](CN1CC[C@@H](CNc2ccccn2)C1)c1ccc(F)c(F)c1. The molecule has 2 atom stereocenters. The Balaban J connectivity index is 1.47. The highest BCUT2D eigenvalue weighted by Crippen LogP contribution is 2.22. The number of hydrogen-bond donors (Lipinski definition) is 2. The van der Waals surface area contributed by atoms with Gasteiger partial charge in [-0.3, -0.25) is 0 Å². The molecule has 6 heteroatoms. The number of anilines is 1. The predicted octanol–water partition coefficient (Wildman–Crippen LogP) is 2.83. The van der Waals surface area contributed by atoms with Crippen LogP contribution in [0.3, 0.4) is 0 Å². The first kappa shape index (κ1) is 16.8. The van der Waals surface area contributed by atoms with Crippen molar-refractivity contribution < 1.29 is 13.9 Å². The molecule has 0 unspecified atom stereocenters. The van der Waals surface area contributed by atoms with E-state index in [4.69, 9.17) is 0 Å². The number of benzene rings is 1. The number of nitrogens with zero attached hydrogens (tertiary/aromatic N) is 2. The van der Waals surface area contributed by atoms with Crippen molar-refractivity contribution in [2.45, 2.75) is 12.5 Å². The van der Waals surface area contributed by atoms with Crippen LogP contribution in [0.25, 0.3) is 0 Å². The smallest absolute Gasteiger partial charge is 0.159 e. The first-order valence-electron chi connectivity index (χ1n) is 8.12. The third kappa shape index (κ3) is 4.27. The van der Waals surface area contributed by atoms with Gasteiger partial charge >= 0.3 is 0 Å². The molecule has 128 valence electrons. The molecular weight excluding hydrogens is 312 g/mol. The van der Waals surface area contributed by atoms with Gasteiger partial charge in [0, 0.05) is 25.8 Å². The van der Waals surface area contributed by atoms with Crippen LogP contribution in [0.5, 0.6) is 0 Å². The fourth-order valence-electron chi connectivity index (χ4n) is 3.03. The fourth-order valence-corrected chi connectivity index (χ4v) is 3.03. The van der Waals surface area contributed by atoms with E-state index < -0.39 is 17.7 Å². The van der Waals surface area contributed by atoms with E-state index in [0.29, 0.717) is 18.0 Å². The molecule has 0 amide bonds. The molecule has 1 aromatic heterocycles. The van der Waals surface area contributed by atoms with Crippen molar-refractivity contribution in [1.82, 2.24) is 9.88 Å². The average molecular weight is 333 g/mol. The zero-order valence-electron chi connectivity index (χ0n) is 13.3. The standard InChI is InChI=1S/C18H21F2N3O/c19-15-5-4-14(9-16(15)20)17(24)12-23-8-6-13(11-23)10-22-18-3-1-2-7-21-18/h1-5,7,9,13,17,24H,6,8,10-12H2,(H,21,22)/t13-,17-/m0/s1. The van der Waals surface area contributed by atoms with E-state index in [-0.39, 0.29) is 0 Å². The first-order chi connectivity index (χ1) is 11.6. The van der Waals surface area contributed by atoms with Crippen LogP contribution < -0.4 is 5.32 Å². The van der Waals surface area contributed by atoms with E-state index in [9.17, 15) is 13.9 Å². The monoisotopic (exact) mass is 333 g/mol. The van der Waals surface area contributed by atoms with Crippen molar-refractivity contribution >= 4 is 5.82 Å². The Morgan fingerprint density at radius 1 is 1.25 bits per heavy atom. The van der Waals surface area contributed by atoms with Gasteiger partial charge in [-0.25, -0.2) is 13.8 Å². The van der Waals surface area contributed by atoms with Gasteiger partial charge < -0.3 is 15.3 Å². The summed E-state index contributed by atoms with van der Waals surface area (Å²) >= 11 is 0. The summed E-state index contributed by atoms with van der Waals surface area (Å²) in [5, 5.41) is 13.5. The van der Waals surface area contributed by atoms with Gasteiger partial charge in [0.25, 0.3) is 0 Å². The minimum Gasteiger partial charge on any atom is -0.387 e. The number of pyridine rings is 1. The Morgan fingerprint density at radius 3 is 2.88 bits per heavy atom. The highest BCUT2D eigenvalue weighted by atomic mass is 19.2. The van der Waals surface area contributed by atoms with Crippen LogP contribution in [0.4, 0.5) is 14.6 Å². The minimum atomic E-state index is -0.926. The summed E-state index contributed by atoms with van der Waals surface area (Å²) in [6, 6.07) is 9.29. The van der Waals surface area contributed by atoms with Crippen molar-refractivity contribution in [1.29, 1.82) is 0 Å². The molecule has 1 aliphatic heterocycles. The molecule has 3 rings (SSSR count). The maximum absolute atomic E-state index is 13.3. The van der Waals surface area contributed by atoms with Crippen molar-refractivity contribution in [2.75, 3.05) is 31.5 Å². The molecule has 24 heavy (non-hydrogen) atoms. The molecule has 1 saturated heterocycles. The molecule has 0 saturated carbocycles. The molecule has 0 spiro atoms.